The van der Waals surface area contributed by atoms with E-state index in [0.717, 1.165) is 11.1 Å². The number of aliphatic hydroxyl groups excluding tert-OH is 3. The van der Waals surface area contributed by atoms with Gasteiger partial charge in [0, 0.05) is 69.1 Å². The number of H-pyrrole nitrogens is 1. The highest BCUT2D eigenvalue weighted by Gasteiger charge is 2.55. The van der Waals surface area contributed by atoms with Gasteiger partial charge in [0.2, 0.25) is 5.91 Å². The summed E-state index contributed by atoms with van der Waals surface area (Å²) in [6, 6.07) is 3.60. The number of likely N-dealkylation sites (tertiary alicyclic amines) is 1. The molecule has 3 amide bonds. The quantitative estimate of drug-likeness (QED) is 0.170. The lowest BCUT2D eigenvalue weighted by Gasteiger charge is -2.49. The number of amides is 3. The van der Waals surface area contributed by atoms with Crippen LogP contribution in [0.4, 0.5) is 4.79 Å². The number of aromatic amines is 1. The maximum absolute atomic E-state index is 13.0. The zero-order chi connectivity index (χ0) is 37.3. The molecule has 4 heterocycles. The van der Waals surface area contributed by atoms with E-state index in [1.54, 1.807) is 43.9 Å². The molecule has 5 rings (SSSR count). The van der Waals surface area contributed by atoms with E-state index in [1.807, 2.05) is 6.92 Å². The van der Waals surface area contributed by atoms with Crippen molar-refractivity contribution in [1.29, 1.82) is 0 Å². The number of aromatic nitrogens is 2. The lowest BCUT2D eigenvalue weighted by atomic mass is 9.81. The largest absolute Gasteiger partial charge is 0.479 e. The van der Waals surface area contributed by atoms with E-state index in [-0.39, 0.29) is 18.5 Å². The van der Waals surface area contributed by atoms with Crippen LogP contribution in [0.15, 0.2) is 18.2 Å². The summed E-state index contributed by atoms with van der Waals surface area (Å²) in [4.78, 5) is 54.6. The fourth-order valence-electron chi connectivity index (χ4n) is 7.23. The molecule has 1 aromatic carbocycles. The lowest BCUT2D eigenvalue weighted by molar-refractivity contribution is -0.231. The Morgan fingerprint density at radius 2 is 1.94 bits per heavy atom. The van der Waals surface area contributed by atoms with E-state index < -0.39 is 84.0 Å². The molecule has 282 valence electrons. The number of aliphatic hydroxyl groups is 3. The summed E-state index contributed by atoms with van der Waals surface area (Å²) in [5.74, 6) is -2.50. The highest BCUT2D eigenvalue weighted by atomic mass is 16.6. The van der Waals surface area contributed by atoms with Crippen molar-refractivity contribution < 1.29 is 53.8 Å². The highest BCUT2D eigenvalue weighted by Crippen LogP contribution is 2.38. The third-order valence-electron chi connectivity index (χ3n) is 9.95. The maximum atomic E-state index is 13.0. The monoisotopic (exact) mass is 718 g/mol. The highest BCUT2D eigenvalue weighted by molar-refractivity contribution is 5.98. The number of carboxylic acids is 1. The van der Waals surface area contributed by atoms with Crippen molar-refractivity contribution in [3.63, 3.8) is 0 Å². The number of hydrogen-bond acceptors (Lipinski definition) is 12. The topological polar surface area (TPSA) is 236 Å². The Bertz CT molecular complexity index is 1610. The van der Waals surface area contributed by atoms with Crippen LogP contribution in [0.25, 0.3) is 10.9 Å². The Labute approximate surface area is 295 Å². The minimum absolute atomic E-state index is 0.133. The molecule has 3 fully saturated rings. The zero-order valence-electron chi connectivity index (χ0n) is 29.7. The summed E-state index contributed by atoms with van der Waals surface area (Å²) in [6.07, 6.45) is -6.98. The number of carbonyl (C=O) groups is 4. The zero-order valence-corrected chi connectivity index (χ0v) is 29.7. The van der Waals surface area contributed by atoms with Gasteiger partial charge in [0.25, 0.3) is 5.91 Å². The van der Waals surface area contributed by atoms with Gasteiger partial charge in [0.05, 0.1) is 42.5 Å². The molecular formula is C34H50N6O11. The first-order chi connectivity index (χ1) is 23.9. The first kappa shape index (κ1) is 38.4. The first-order valence-corrected chi connectivity index (χ1v) is 17.2. The van der Waals surface area contributed by atoms with Crippen LogP contribution in [0, 0.1) is 6.92 Å². The van der Waals surface area contributed by atoms with Crippen molar-refractivity contribution in [2.24, 2.45) is 0 Å². The number of carboxylic acid groups (broad SMARTS) is 1. The average Bonchev–Trinajstić information content (AvgIpc) is 3.66. The van der Waals surface area contributed by atoms with Crippen LogP contribution < -0.4 is 10.6 Å². The van der Waals surface area contributed by atoms with Crippen LogP contribution in [0.3, 0.4) is 0 Å². The molecular weight excluding hydrogens is 668 g/mol. The number of nitrogens with one attached hydrogen (secondary N) is 3. The smallest absolute Gasteiger partial charge is 0.410 e. The number of nitrogens with zero attached hydrogens (tertiary/aromatic N) is 3. The predicted octanol–water partition coefficient (Wildman–Crippen LogP) is -0.0973. The summed E-state index contributed by atoms with van der Waals surface area (Å²) >= 11 is 0. The number of aryl methyl sites for hydroxylation is 1. The first-order valence-electron chi connectivity index (χ1n) is 17.2. The Balaban J connectivity index is 1.30. The van der Waals surface area contributed by atoms with E-state index in [9.17, 15) is 39.6 Å². The Kier molecular flexibility index (Phi) is 11.3. The minimum atomic E-state index is -2.02. The molecule has 7 atom stereocenters. The number of fused-ring (bicyclic) bond motifs is 1. The van der Waals surface area contributed by atoms with Crippen molar-refractivity contribution >= 4 is 34.8 Å². The van der Waals surface area contributed by atoms with Crippen LogP contribution in [0.5, 0.6) is 0 Å². The number of morpholine rings is 1. The second kappa shape index (κ2) is 15.0. The third-order valence-corrected chi connectivity index (χ3v) is 9.95. The molecule has 0 bridgehead atoms. The molecule has 17 heteroatoms. The van der Waals surface area contributed by atoms with Crippen molar-refractivity contribution in [2.75, 3.05) is 45.9 Å². The maximum Gasteiger partial charge on any atom is 0.410 e. The molecule has 1 spiro atoms. The van der Waals surface area contributed by atoms with Crippen LogP contribution in [-0.2, 0) is 23.8 Å². The molecule has 0 radical (unpaired) electrons. The van der Waals surface area contributed by atoms with Crippen molar-refractivity contribution in [3.05, 3.63) is 29.5 Å². The van der Waals surface area contributed by atoms with E-state index in [1.165, 1.54) is 6.92 Å². The van der Waals surface area contributed by atoms with Gasteiger partial charge in [-0.2, -0.15) is 5.10 Å². The molecule has 17 nitrogen and oxygen atoms in total. The Morgan fingerprint density at radius 3 is 2.63 bits per heavy atom. The van der Waals surface area contributed by atoms with E-state index >= 15 is 0 Å². The molecule has 3 aliphatic rings. The molecule has 0 aliphatic carbocycles. The Hall–Kier alpha value is -3.87. The molecule has 3 aliphatic heterocycles. The number of benzene rings is 1. The number of ether oxygens (including phenoxy) is 3. The molecule has 7 N–H and O–H groups in total. The summed E-state index contributed by atoms with van der Waals surface area (Å²) in [5, 5.41) is 57.1. The van der Waals surface area contributed by atoms with Gasteiger partial charge in [-0.05, 0) is 52.3 Å². The SMILES string of the molecule is CC(=O)N[C@H]1[C@H]([C@H](O)[C@H](O)CNC(=O)c2ccc3n[nH]c(C)c3c2)O[C@@](CCN2CCOC[C@@]23CCN(C(=O)OC(C)(C)C)C3)(C(=O)O)C[C@@H]1O. The van der Waals surface area contributed by atoms with Crippen molar-refractivity contribution in [3.8, 4) is 0 Å². The summed E-state index contributed by atoms with van der Waals surface area (Å²) in [7, 11) is 0. The van der Waals surface area contributed by atoms with Gasteiger partial charge in [-0.1, -0.05) is 0 Å². The van der Waals surface area contributed by atoms with Crippen LogP contribution in [-0.4, -0.2) is 157 Å². The van der Waals surface area contributed by atoms with Gasteiger partial charge in [-0.3, -0.25) is 19.6 Å². The summed E-state index contributed by atoms with van der Waals surface area (Å²) < 4.78 is 17.5. The van der Waals surface area contributed by atoms with Gasteiger partial charge in [0.1, 0.15) is 17.8 Å². The fourth-order valence-corrected chi connectivity index (χ4v) is 7.23. The van der Waals surface area contributed by atoms with Gasteiger partial charge in [-0.15, -0.1) is 0 Å². The summed E-state index contributed by atoms with van der Waals surface area (Å²) in [6.45, 7) is 9.99. The van der Waals surface area contributed by atoms with E-state index in [0.29, 0.717) is 44.8 Å². The molecule has 51 heavy (non-hydrogen) atoms. The van der Waals surface area contributed by atoms with Gasteiger partial charge in [-0.25, -0.2) is 9.59 Å². The lowest BCUT2D eigenvalue weighted by Crippen LogP contribution is -2.68. The second-order valence-electron chi connectivity index (χ2n) is 14.9. The predicted molar refractivity (Wildman–Crippen MR) is 181 cm³/mol. The standard InChI is InChI=1S/C34H50N6O11/c1-19-22-14-21(6-7-23(22)38-37-19)29(45)35-16-25(43)27(44)28-26(36-20(2)41)24(42)15-34(50-28,30(46)47)9-11-40-12-13-49-18-33(40)8-10-39(17-33)31(48)51-32(3,4)5/h6-7,14,24-28,42-44H,8-13,15-18H2,1-5H3,(H,35,45)(H,36,41)(H,37,38)(H,46,47)/t24-,25+,26+,27+,28+,33-,34+/m0/s1. The molecule has 3 saturated heterocycles. The molecule has 1 aromatic heterocycles. The molecule has 0 saturated carbocycles. The van der Waals surface area contributed by atoms with Gasteiger partial charge < -0.3 is 50.2 Å². The fraction of sp³-hybridized carbons (Fsp3) is 0.676. The number of aliphatic carboxylic acids is 1. The average molecular weight is 719 g/mol. The van der Waals surface area contributed by atoms with E-state index in [4.69, 9.17) is 14.2 Å². The minimum Gasteiger partial charge on any atom is -0.479 e. The van der Waals surface area contributed by atoms with E-state index in [2.05, 4.69) is 25.7 Å². The van der Waals surface area contributed by atoms with Gasteiger partial charge >= 0.3 is 12.1 Å². The molecule has 2 aromatic rings. The van der Waals surface area contributed by atoms with Crippen LogP contribution in [0.2, 0.25) is 0 Å². The summed E-state index contributed by atoms with van der Waals surface area (Å²) in [5.41, 5.74) is -1.57. The number of rotatable bonds is 10. The number of carbonyl (C=O) groups excluding carboxylic acids is 3. The van der Waals surface area contributed by atoms with Crippen molar-refractivity contribution in [1.82, 2.24) is 30.6 Å². The molecule has 0 unspecified atom stereocenters. The normalized spacial score (nSPS) is 28.4. The Morgan fingerprint density at radius 1 is 1.20 bits per heavy atom. The third kappa shape index (κ3) is 8.45. The number of hydrogen-bond donors (Lipinski definition) is 7. The van der Waals surface area contributed by atoms with Crippen LogP contribution >= 0.6 is 0 Å². The van der Waals surface area contributed by atoms with Gasteiger partial charge in [0.15, 0.2) is 5.60 Å². The van der Waals surface area contributed by atoms with Crippen LogP contribution in [0.1, 0.15) is 63.0 Å². The van der Waals surface area contributed by atoms with Crippen molar-refractivity contribution in [2.45, 2.75) is 101 Å². The second-order valence-corrected chi connectivity index (χ2v) is 14.9.